The van der Waals surface area contributed by atoms with E-state index in [2.05, 4.69) is 47.8 Å². The molecule has 0 aromatic heterocycles. The third-order valence-electron chi connectivity index (χ3n) is 5.23. The van der Waals surface area contributed by atoms with Gasteiger partial charge in [0.05, 0.1) is 12.5 Å². The van der Waals surface area contributed by atoms with Crippen molar-refractivity contribution in [3.8, 4) is 0 Å². The molecule has 2 aliphatic rings. The summed E-state index contributed by atoms with van der Waals surface area (Å²) in [7, 11) is 0. The quantitative estimate of drug-likeness (QED) is 0.915. The highest BCUT2D eigenvalue weighted by molar-refractivity contribution is 5.79. The standard InChI is InChI=1S/C21H23NO/c23-21(14-15-11-12-16-6-3-8-18(16)13-15)22-20-10-4-7-17-5-1-2-9-19(17)20/h1-2,5,9,11-13,20H,3-4,6-8,10,14H2,(H,22,23)/t20-/m1/s1. The molecule has 1 N–H and O–H groups in total. The monoisotopic (exact) mass is 305 g/mol. The Balaban J connectivity index is 1.45. The molecule has 0 spiro atoms. The van der Waals surface area contributed by atoms with E-state index in [1.807, 2.05) is 0 Å². The van der Waals surface area contributed by atoms with E-state index >= 15 is 0 Å². The zero-order valence-electron chi connectivity index (χ0n) is 13.5. The van der Waals surface area contributed by atoms with Crippen LogP contribution in [-0.4, -0.2) is 5.91 Å². The first-order valence-corrected chi connectivity index (χ1v) is 8.77. The minimum absolute atomic E-state index is 0.143. The van der Waals surface area contributed by atoms with Crippen molar-refractivity contribution in [3.05, 3.63) is 70.3 Å². The minimum Gasteiger partial charge on any atom is -0.349 e. The van der Waals surface area contributed by atoms with Gasteiger partial charge < -0.3 is 5.32 Å². The molecule has 2 aliphatic carbocycles. The lowest BCUT2D eigenvalue weighted by molar-refractivity contribution is -0.121. The van der Waals surface area contributed by atoms with Gasteiger partial charge >= 0.3 is 0 Å². The van der Waals surface area contributed by atoms with Gasteiger partial charge in [0, 0.05) is 0 Å². The average molecular weight is 305 g/mol. The highest BCUT2D eigenvalue weighted by Crippen LogP contribution is 2.29. The molecule has 0 radical (unpaired) electrons. The lowest BCUT2D eigenvalue weighted by atomic mass is 9.87. The molecule has 1 amide bonds. The Hall–Kier alpha value is -2.09. The molecular formula is C21H23NO. The fourth-order valence-electron chi connectivity index (χ4n) is 4.07. The van der Waals surface area contributed by atoms with Gasteiger partial charge in [0.15, 0.2) is 0 Å². The second-order valence-corrected chi connectivity index (χ2v) is 6.84. The van der Waals surface area contributed by atoms with Crippen molar-refractivity contribution in [2.45, 2.75) is 51.0 Å². The largest absolute Gasteiger partial charge is 0.349 e. The maximum atomic E-state index is 12.5. The fraction of sp³-hybridized carbons (Fsp3) is 0.381. The maximum absolute atomic E-state index is 12.5. The number of hydrogen-bond donors (Lipinski definition) is 1. The van der Waals surface area contributed by atoms with Crippen LogP contribution in [0.25, 0.3) is 0 Å². The summed E-state index contributed by atoms with van der Waals surface area (Å²) in [5.74, 6) is 0.143. The molecular weight excluding hydrogens is 282 g/mol. The molecule has 0 bridgehead atoms. The van der Waals surface area contributed by atoms with Crippen LogP contribution in [0.3, 0.4) is 0 Å². The molecule has 0 fully saturated rings. The first kappa shape index (κ1) is 14.5. The van der Waals surface area contributed by atoms with E-state index in [-0.39, 0.29) is 11.9 Å². The van der Waals surface area contributed by atoms with E-state index in [1.54, 1.807) is 0 Å². The van der Waals surface area contributed by atoms with Crippen LogP contribution in [0.2, 0.25) is 0 Å². The van der Waals surface area contributed by atoms with E-state index < -0.39 is 0 Å². The summed E-state index contributed by atoms with van der Waals surface area (Å²) in [6.07, 6.45) is 7.44. The molecule has 0 heterocycles. The van der Waals surface area contributed by atoms with Gasteiger partial charge in [-0.25, -0.2) is 0 Å². The lowest BCUT2D eigenvalue weighted by Crippen LogP contribution is -2.32. The average Bonchev–Trinajstić information content (AvgIpc) is 3.03. The van der Waals surface area contributed by atoms with Crippen molar-refractivity contribution >= 4 is 5.91 Å². The number of benzene rings is 2. The number of hydrogen-bond acceptors (Lipinski definition) is 1. The Bertz CT molecular complexity index is 734. The van der Waals surface area contributed by atoms with Gasteiger partial charge in [0.2, 0.25) is 5.91 Å². The Morgan fingerprint density at radius 2 is 1.78 bits per heavy atom. The highest BCUT2D eigenvalue weighted by atomic mass is 16.1. The van der Waals surface area contributed by atoms with Crippen molar-refractivity contribution in [2.24, 2.45) is 0 Å². The van der Waals surface area contributed by atoms with Gasteiger partial charge in [-0.1, -0.05) is 42.5 Å². The van der Waals surface area contributed by atoms with Crippen LogP contribution in [0.4, 0.5) is 0 Å². The van der Waals surface area contributed by atoms with E-state index in [1.165, 1.54) is 41.5 Å². The predicted octanol–water partition coefficient (Wildman–Crippen LogP) is 3.91. The van der Waals surface area contributed by atoms with Gasteiger partial charge in [0.1, 0.15) is 0 Å². The molecule has 2 heteroatoms. The van der Waals surface area contributed by atoms with Gasteiger partial charge in [0.25, 0.3) is 0 Å². The van der Waals surface area contributed by atoms with Crippen LogP contribution in [0.5, 0.6) is 0 Å². The third kappa shape index (κ3) is 3.03. The van der Waals surface area contributed by atoms with Crippen LogP contribution in [0, 0.1) is 0 Å². The summed E-state index contributed by atoms with van der Waals surface area (Å²) < 4.78 is 0. The zero-order chi connectivity index (χ0) is 15.6. The van der Waals surface area contributed by atoms with E-state index in [0.717, 1.165) is 24.8 Å². The summed E-state index contributed by atoms with van der Waals surface area (Å²) in [5, 5.41) is 3.25. The van der Waals surface area contributed by atoms with Crippen molar-refractivity contribution in [1.29, 1.82) is 0 Å². The molecule has 1 atom stereocenters. The third-order valence-corrected chi connectivity index (χ3v) is 5.23. The molecule has 0 saturated carbocycles. The van der Waals surface area contributed by atoms with Crippen LogP contribution in [0.1, 0.15) is 53.1 Å². The summed E-state index contributed by atoms with van der Waals surface area (Å²) in [6.45, 7) is 0. The number of aryl methyl sites for hydroxylation is 3. The topological polar surface area (TPSA) is 29.1 Å². The minimum atomic E-state index is 0.143. The molecule has 0 aliphatic heterocycles. The number of carbonyl (C=O) groups excluding carboxylic acids is 1. The molecule has 4 rings (SSSR count). The summed E-state index contributed by atoms with van der Waals surface area (Å²) in [6, 6.07) is 15.3. The Morgan fingerprint density at radius 3 is 2.74 bits per heavy atom. The van der Waals surface area contributed by atoms with Gasteiger partial charge in [-0.2, -0.15) is 0 Å². The van der Waals surface area contributed by atoms with Crippen molar-refractivity contribution in [2.75, 3.05) is 0 Å². The van der Waals surface area contributed by atoms with Crippen LogP contribution >= 0.6 is 0 Å². The summed E-state index contributed by atoms with van der Waals surface area (Å²) in [5.41, 5.74) is 6.75. The second kappa shape index (κ2) is 6.19. The number of fused-ring (bicyclic) bond motifs is 2. The molecule has 23 heavy (non-hydrogen) atoms. The zero-order valence-corrected chi connectivity index (χ0v) is 13.5. The van der Waals surface area contributed by atoms with Crippen LogP contribution < -0.4 is 5.32 Å². The second-order valence-electron chi connectivity index (χ2n) is 6.84. The number of amides is 1. The van der Waals surface area contributed by atoms with E-state index in [4.69, 9.17) is 0 Å². The van der Waals surface area contributed by atoms with Crippen molar-refractivity contribution in [3.63, 3.8) is 0 Å². The molecule has 0 saturated heterocycles. The van der Waals surface area contributed by atoms with E-state index in [9.17, 15) is 4.79 Å². The normalized spacial score (nSPS) is 19.0. The van der Waals surface area contributed by atoms with Gasteiger partial charge in [-0.05, 0) is 66.3 Å². The number of carbonyl (C=O) groups is 1. The SMILES string of the molecule is O=C(Cc1ccc2c(c1)CCC2)N[C@@H]1CCCc2ccccc21. The Kier molecular flexibility index (Phi) is 3.90. The number of nitrogens with one attached hydrogen (secondary N) is 1. The van der Waals surface area contributed by atoms with E-state index in [0.29, 0.717) is 6.42 Å². The van der Waals surface area contributed by atoms with Crippen molar-refractivity contribution in [1.82, 2.24) is 5.32 Å². The first-order chi connectivity index (χ1) is 11.3. The van der Waals surface area contributed by atoms with Gasteiger partial charge in [-0.15, -0.1) is 0 Å². The number of rotatable bonds is 3. The molecule has 0 unspecified atom stereocenters. The first-order valence-electron chi connectivity index (χ1n) is 8.77. The highest BCUT2D eigenvalue weighted by Gasteiger charge is 2.21. The Morgan fingerprint density at radius 1 is 0.957 bits per heavy atom. The van der Waals surface area contributed by atoms with Crippen LogP contribution in [0.15, 0.2) is 42.5 Å². The molecule has 2 aromatic carbocycles. The fourth-order valence-corrected chi connectivity index (χ4v) is 4.07. The maximum Gasteiger partial charge on any atom is 0.224 e. The summed E-state index contributed by atoms with van der Waals surface area (Å²) >= 11 is 0. The lowest BCUT2D eigenvalue weighted by Gasteiger charge is -2.26. The van der Waals surface area contributed by atoms with Crippen LogP contribution in [-0.2, 0) is 30.5 Å². The molecule has 2 aromatic rings. The molecule has 118 valence electrons. The molecule has 2 nitrogen and oxygen atoms in total. The Labute approximate surface area is 137 Å². The predicted molar refractivity (Wildman–Crippen MR) is 92.4 cm³/mol. The van der Waals surface area contributed by atoms with Crippen molar-refractivity contribution < 1.29 is 4.79 Å². The summed E-state index contributed by atoms with van der Waals surface area (Å²) in [4.78, 5) is 12.5. The smallest absolute Gasteiger partial charge is 0.224 e. The van der Waals surface area contributed by atoms with Gasteiger partial charge in [-0.3, -0.25) is 4.79 Å².